The third kappa shape index (κ3) is 3.24. The molecule has 3 rings (SSSR count). The molecule has 0 saturated carbocycles. The summed E-state index contributed by atoms with van der Waals surface area (Å²) >= 11 is 0. The molecule has 1 fully saturated rings. The van der Waals surface area contributed by atoms with Crippen molar-refractivity contribution in [2.75, 3.05) is 31.6 Å². The van der Waals surface area contributed by atoms with Gasteiger partial charge in [0, 0.05) is 25.7 Å². The van der Waals surface area contributed by atoms with E-state index in [-0.39, 0.29) is 11.8 Å². The van der Waals surface area contributed by atoms with Crippen molar-refractivity contribution in [2.24, 2.45) is 0 Å². The lowest BCUT2D eigenvalue weighted by Gasteiger charge is -2.35. The average molecular weight is 350 g/mol. The van der Waals surface area contributed by atoms with Crippen LogP contribution in [-0.4, -0.2) is 54.0 Å². The van der Waals surface area contributed by atoms with Gasteiger partial charge in [-0.05, 0) is 36.7 Å². The Morgan fingerprint density at radius 2 is 2.16 bits per heavy atom. The number of phenols is 1. The number of urea groups is 1. The van der Waals surface area contributed by atoms with Gasteiger partial charge in [-0.1, -0.05) is 0 Å². The minimum atomic E-state index is -2.59. The summed E-state index contributed by atoms with van der Waals surface area (Å²) in [4.78, 5) is 17.0. The number of halogens is 2. The van der Waals surface area contributed by atoms with E-state index in [1.807, 2.05) is 11.9 Å². The smallest absolute Gasteiger partial charge is 0.324 e. The molecular weight excluding hydrogens is 330 g/mol. The number of hydrogen-bond acceptors (Lipinski definition) is 4. The molecule has 8 heteroatoms. The van der Waals surface area contributed by atoms with Crippen LogP contribution in [-0.2, 0) is 6.54 Å². The van der Waals surface area contributed by atoms with Gasteiger partial charge in [0.25, 0.3) is 6.43 Å². The van der Waals surface area contributed by atoms with Gasteiger partial charge < -0.3 is 10.0 Å². The molecule has 6 nitrogen and oxygen atoms in total. The van der Waals surface area contributed by atoms with E-state index in [0.717, 1.165) is 16.0 Å². The maximum atomic E-state index is 12.6. The summed E-state index contributed by atoms with van der Waals surface area (Å²) in [5.41, 5.74) is 2.15. The zero-order valence-electron chi connectivity index (χ0n) is 14.0. The monoisotopic (exact) mass is 350 g/mol. The fourth-order valence-corrected chi connectivity index (χ4v) is 3.61. The molecule has 25 heavy (non-hydrogen) atoms. The number of rotatable bonds is 4. The SMILES string of the molecule is CN1Cc2cc(N3CCCN(CC(F)F)C3=O)c(O)cc2C1CC#N. The highest BCUT2D eigenvalue weighted by molar-refractivity contribution is 5.94. The van der Waals surface area contributed by atoms with Crippen molar-refractivity contribution in [1.29, 1.82) is 5.26 Å². The topological polar surface area (TPSA) is 70.8 Å². The molecule has 1 aromatic carbocycles. The highest BCUT2D eigenvalue weighted by atomic mass is 19.3. The summed E-state index contributed by atoms with van der Waals surface area (Å²) < 4.78 is 25.3. The number of alkyl halides is 2. The lowest BCUT2D eigenvalue weighted by atomic mass is 10.0. The molecule has 2 aliphatic heterocycles. The number of benzene rings is 1. The molecule has 1 unspecified atom stereocenters. The maximum absolute atomic E-state index is 12.6. The molecule has 1 atom stereocenters. The third-order valence-electron chi connectivity index (χ3n) is 4.79. The Hall–Kier alpha value is -2.40. The number of phenolic OH excluding ortho intramolecular Hbond substituents is 1. The highest BCUT2D eigenvalue weighted by Crippen LogP contribution is 2.41. The molecule has 0 bridgehead atoms. The predicted molar refractivity (Wildman–Crippen MR) is 87.5 cm³/mol. The summed E-state index contributed by atoms with van der Waals surface area (Å²) in [5, 5.41) is 19.4. The molecule has 0 radical (unpaired) electrons. The summed E-state index contributed by atoms with van der Waals surface area (Å²) in [5.74, 6) is -0.0655. The third-order valence-corrected chi connectivity index (χ3v) is 4.79. The van der Waals surface area contributed by atoms with Gasteiger partial charge in [0.2, 0.25) is 0 Å². The fourth-order valence-electron chi connectivity index (χ4n) is 3.61. The van der Waals surface area contributed by atoms with Crippen LogP contribution in [0.15, 0.2) is 12.1 Å². The molecule has 2 amide bonds. The number of carbonyl (C=O) groups is 1. The largest absolute Gasteiger partial charge is 0.506 e. The summed E-state index contributed by atoms with van der Waals surface area (Å²) in [6.45, 7) is 0.673. The van der Waals surface area contributed by atoms with E-state index < -0.39 is 19.0 Å². The second-order valence-electron chi connectivity index (χ2n) is 6.46. The van der Waals surface area contributed by atoms with Crippen molar-refractivity contribution in [3.05, 3.63) is 23.3 Å². The van der Waals surface area contributed by atoms with Gasteiger partial charge in [-0.15, -0.1) is 0 Å². The summed E-state index contributed by atoms with van der Waals surface area (Å²) in [7, 11) is 1.90. The van der Waals surface area contributed by atoms with Crippen molar-refractivity contribution in [3.63, 3.8) is 0 Å². The Bertz CT molecular complexity index is 719. The highest BCUT2D eigenvalue weighted by Gasteiger charge is 2.33. The Balaban J connectivity index is 1.90. The van der Waals surface area contributed by atoms with E-state index >= 15 is 0 Å². The van der Waals surface area contributed by atoms with Gasteiger partial charge in [-0.2, -0.15) is 5.26 Å². The quantitative estimate of drug-likeness (QED) is 0.906. The molecule has 0 aliphatic carbocycles. The van der Waals surface area contributed by atoms with Crippen molar-refractivity contribution in [1.82, 2.24) is 9.80 Å². The molecule has 0 aromatic heterocycles. The number of aromatic hydroxyl groups is 1. The van der Waals surface area contributed by atoms with Gasteiger partial charge in [0.15, 0.2) is 0 Å². The van der Waals surface area contributed by atoms with Crippen LogP contribution in [0.1, 0.15) is 30.0 Å². The van der Waals surface area contributed by atoms with Gasteiger partial charge in [-0.25, -0.2) is 13.6 Å². The second kappa shape index (κ2) is 6.84. The number of carbonyl (C=O) groups excluding carboxylic acids is 1. The van der Waals surface area contributed by atoms with Gasteiger partial charge in [-0.3, -0.25) is 9.80 Å². The van der Waals surface area contributed by atoms with E-state index in [4.69, 9.17) is 5.26 Å². The summed E-state index contributed by atoms with van der Waals surface area (Å²) in [6.07, 6.45) is -1.71. The minimum absolute atomic E-state index is 0.0655. The molecule has 1 N–H and O–H groups in total. The Labute approximate surface area is 144 Å². The van der Waals surface area contributed by atoms with Crippen LogP contribution in [0.2, 0.25) is 0 Å². The van der Waals surface area contributed by atoms with Gasteiger partial charge >= 0.3 is 6.03 Å². The predicted octanol–water partition coefficient (Wildman–Crippen LogP) is 2.69. The van der Waals surface area contributed by atoms with E-state index in [1.54, 1.807) is 12.1 Å². The number of nitriles is 1. The van der Waals surface area contributed by atoms with Crippen molar-refractivity contribution in [3.8, 4) is 11.8 Å². The van der Waals surface area contributed by atoms with Crippen molar-refractivity contribution in [2.45, 2.75) is 31.9 Å². The minimum Gasteiger partial charge on any atom is -0.506 e. The zero-order chi connectivity index (χ0) is 18.1. The first-order valence-electron chi connectivity index (χ1n) is 8.20. The maximum Gasteiger partial charge on any atom is 0.324 e. The lowest BCUT2D eigenvalue weighted by Crippen LogP contribution is -2.50. The Morgan fingerprint density at radius 3 is 2.84 bits per heavy atom. The molecule has 1 aromatic rings. The van der Waals surface area contributed by atoms with Crippen LogP contribution < -0.4 is 4.90 Å². The molecule has 0 spiro atoms. The number of amides is 2. The van der Waals surface area contributed by atoms with Crippen LogP contribution in [0.5, 0.6) is 5.75 Å². The molecule has 1 saturated heterocycles. The van der Waals surface area contributed by atoms with Crippen LogP contribution in [0, 0.1) is 11.3 Å². The lowest BCUT2D eigenvalue weighted by molar-refractivity contribution is 0.0962. The molecule has 2 aliphatic rings. The standard InChI is InChI=1S/C17H20F2N4O2/c1-21-9-11-7-14(15(24)8-12(11)13(21)3-4-20)23-6-2-5-22(17(23)25)10-16(18)19/h7-8,13,16,24H,2-3,5-6,9-10H2,1H3. The molecule has 134 valence electrons. The van der Waals surface area contributed by atoms with Crippen LogP contribution in [0.25, 0.3) is 0 Å². The first-order chi connectivity index (χ1) is 11.9. The fraction of sp³-hybridized carbons (Fsp3) is 0.529. The number of anilines is 1. The van der Waals surface area contributed by atoms with Crippen LogP contribution in [0.3, 0.4) is 0 Å². The van der Waals surface area contributed by atoms with Crippen LogP contribution >= 0.6 is 0 Å². The molecule has 2 heterocycles. The summed E-state index contributed by atoms with van der Waals surface area (Å²) in [6, 6.07) is 4.87. The number of hydrogen-bond donors (Lipinski definition) is 1. The van der Waals surface area contributed by atoms with E-state index in [0.29, 0.717) is 38.2 Å². The number of fused-ring (bicyclic) bond motifs is 1. The Morgan fingerprint density at radius 1 is 1.40 bits per heavy atom. The second-order valence-corrected chi connectivity index (χ2v) is 6.46. The van der Waals surface area contributed by atoms with Gasteiger partial charge in [0.05, 0.1) is 24.7 Å². The Kier molecular flexibility index (Phi) is 4.77. The first-order valence-corrected chi connectivity index (χ1v) is 8.20. The van der Waals surface area contributed by atoms with E-state index in [1.165, 1.54) is 4.90 Å². The molecular formula is C17H20F2N4O2. The van der Waals surface area contributed by atoms with Crippen molar-refractivity contribution < 1.29 is 18.7 Å². The van der Waals surface area contributed by atoms with Gasteiger partial charge in [0.1, 0.15) is 5.75 Å². The van der Waals surface area contributed by atoms with E-state index in [9.17, 15) is 18.7 Å². The zero-order valence-corrected chi connectivity index (χ0v) is 14.0. The van der Waals surface area contributed by atoms with Crippen LogP contribution in [0.4, 0.5) is 19.3 Å². The average Bonchev–Trinajstić information content (AvgIpc) is 2.84. The van der Waals surface area contributed by atoms with Crippen molar-refractivity contribution >= 4 is 11.7 Å². The normalized spacial score (nSPS) is 20.9. The first kappa shape index (κ1) is 17.4. The van der Waals surface area contributed by atoms with E-state index in [2.05, 4.69) is 6.07 Å². The number of nitrogens with zero attached hydrogens (tertiary/aromatic N) is 4.